The zero-order valence-corrected chi connectivity index (χ0v) is 14.0. The van der Waals surface area contributed by atoms with Crippen molar-refractivity contribution in [2.45, 2.75) is 42.6 Å². The molecule has 124 valence electrons. The van der Waals surface area contributed by atoms with Crippen molar-refractivity contribution in [2.24, 2.45) is 0 Å². The van der Waals surface area contributed by atoms with Crippen molar-refractivity contribution in [1.29, 1.82) is 0 Å². The van der Waals surface area contributed by atoms with Crippen molar-refractivity contribution < 1.29 is 13.2 Å². The van der Waals surface area contributed by atoms with Crippen molar-refractivity contribution in [3.05, 3.63) is 29.8 Å². The van der Waals surface area contributed by atoms with E-state index in [1.54, 1.807) is 23.1 Å². The minimum absolute atomic E-state index is 0.129. The summed E-state index contributed by atoms with van der Waals surface area (Å²) in [6.45, 7) is 8.07. The lowest BCUT2D eigenvalue weighted by Gasteiger charge is -2.37. The number of hydrogen-bond acceptors (Lipinski definition) is 3. The molecule has 0 spiro atoms. The Hall–Kier alpha value is -0.720. The number of thioether (sulfide) groups is 1. The van der Waals surface area contributed by atoms with Crippen LogP contribution in [-0.4, -0.2) is 42.0 Å². The Morgan fingerprint density at radius 2 is 1.68 bits per heavy atom. The molecular weight excluding hydrogens is 309 g/mol. The Morgan fingerprint density at radius 3 is 2.23 bits per heavy atom. The van der Waals surface area contributed by atoms with Crippen LogP contribution in [0, 0.1) is 0 Å². The topological polar surface area (TPSA) is 15.3 Å². The highest BCUT2D eigenvalue weighted by molar-refractivity contribution is 8.00. The van der Waals surface area contributed by atoms with Crippen LogP contribution in [0.4, 0.5) is 13.2 Å². The fraction of sp³-hybridized carbons (Fsp3) is 0.625. The second-order valence-electron chi connectivity index (χ2n) is 6.48. The molecule has 1 aromatic carbocycles. The maximum atomic E-state index is 13.7. The van der Waals surface area contributed by atoms with Gasteiger partial charge in [0.15, 0.2) is 0 Å². The first-order valence-electron chi connectivity index (χ1n) is 7.48. The third-order valence-corrected chi connectivity index (χ3v) is 4.66. The van der Waals surface area contributed by atoms with E-state index in [1.165, 1.54) is 11.8 Å². The molecule has 2 rings (SSSR count). The Balaban J connectivity index is 2.39. The van der Waals surface area contributed by atoms with Gasteiger partial charge in [0.05, 0.1) is 0 Å². The average molecular weight is 332 g/mol. The van der Waals surface area contributed by atoms with Crippen LogP contribution in [0.15, 0.2) is 29.2 Å². The molecule has 1 fully saturated rings. The van der Waals surface area contributed by atoms with Crippen molar-refractivity contribution in [3.8, 4) is 0 Å². The minimum atomic E-state index is -4.27. The zero-order chi connectivity index (χ0) is 16.4. The third-order valence-electron chi connectivity index (χ3n) is 3.46. The van der Waals surface area contributed by atoms with Gasteiger partial charge in [0.1, 0.15) is 6.04 Å². The zero-order valence-electron chi connectivity index (χ0n) is 13.2. The Bertz CT molecular complexity index is 491. The summed E-state index contributed by atoms with van der Waals surface area (Å²) in [6.07, 6.45) is -4.27. The maximum Gasteiger partial charge on any atom is 0.408 e. The number of halogens is 3. The van der Waals surface area contributed by atoms with Gasteiger partial charge < -0.3 is 5.32 Å². The van der Waals surface area contributed by atoms with Gasteiger partial charge >= 0.3 is 6.18 Å². The van der Waals surface area contributed by atoms with Gasteiger partial charge in [-0.05, 0) is 11.6 Å². The number of piperazine rings is 1. The van der Waals surface area contributed by atoms with E-state index in [1.807, 2.05) is 26.8 Å². The Morgan fingerprint density at radius 1 is 1.09 bits per heavy atom. The summed E-state index contributed by atoms with van der Waals surface area (Å²) in [5.41, 5.74) is 0.372. The molecular formula is C16H23F3N2S. The lowest BCUT2D eigenvalue weighted by atomic mass is 10.0. The smallest absolute Gasteiger partial charge is 0.314 e. The predicted octanol–water partition coefficient (Wildman–Crippen LogP) is 4.09. The summed E-state index contributed by atoms with van der Waals surface area (Å²) in [4.78, 5) is 2.26. The molecule has 1 N–H and O–H groups in total. The van der Waals surface area contributed by atoms with E-state index in [0.717, 1.165) is 4.90 Å². The van der Waals surface area contributed by atoms with Gasteiger partial charge in [-0.15, -0.1) is 11.8 Å². The van der Waals surface area contributed by atoms with Crippen LogP contribution in [0.2, 0.25) is 0 Å². The molecule has 0 bridgehead atoms. The fourth-order valence-electron chi connectivity index (χ4n) is 2.65. The van der Waals surface area contributed by atoms with Gasteiger partial charge in [0.25, 0.3) is 0 Å². The van der Waals surface area contributed by atoms with Crippen LogP contribution < -0.4 is 5.32 Å². The molecule has 6 heteroatoms. The monoisotopic (exact) mass is 332 g/mol. The quantitative estimate of drug-likeness (QED) is 0.840. The first kappa shape index (κ1) is 17.6. The maximum absolute atomic E-state index is 13.7. The SMILES string of the molecule is CC(C)(C)Sc1ccccc1[C@H](N1CCNCC1)C(F)(F)F. The highest BCUT2D eigenvalue weighted by Gasteiger charge is 2.46. The fourth-order valence-corrected chi connectivity index (χ4v) is 3.75. The largest absolute Gasteiger partial charge is 0.408 e. The van der Waals surface area contributed by atoms with Crippen LogP contribution >= 0.6 is 11.8 Å². The molecule has 0 aromatic heterocycles. The van der Waals surface area contributed by atoms with Gasteiger partial charge in [-0.25, -0.2) is 0 Å². The normalized spacial score (nSPS) is 19.2. The van der Waals surface area contributed by atoms with E-state index in [-0.39, 0.29) is 4.75 Å². The summed E-state index contributed by atoms with van der Waals surface area (Å²) in [6, 6.07) is 5.40. The van der Waals surface area contributed by atoms with E-state index in [9.17, 15) is 13.2 Å². The van der Waals surface area contributed by atoms with Gasteiger partial charge in [-0.1, -0.05) is 39.0 Å². The van der Waals surface area contributed by atoms with E-state index in [2.05, 4.69) is 5.32 Å². The standard InChI is InChI=1S/C16H23F3N2S/c1-15(2,3)22-13-7-5-4-6-12(13)14(16(17,18)19)21-10-8-20-9-11-21/h4-7,14,20H,8-11H2,1-3H3/t14-/m0/s1. The summed E-state index contributed by atoms with van der Waals surface area (Å²) in [5, 5.41) is 3.11. The molecule has 0 amide bonds. The summed E-state index contributed by atoms with van der Waals surface area (Å²) < 4.78 is 41.1. The van der Waals surface area contributed by atoms with Crippen LogP contribution in [-0.2, 0) is 0 Å². The second-order valence-corrected chi connectivity index (χ2v) is 8.35. The lowest BCUT2D eigenvalue weighted by molar-refractivity contribution is -0.188. The average Bonchev–Trinajstić information content (AvgIpc) is 2.39. The lowest BCUT2D eigenvalue weighted by Crippen LogP contribution is -2.49. The molecule has 0 saturated carbocycles. The Labute approximate surface area is 134 Å². The summed E-state index contributed by atoms with van der Waals surface area (Å²) in [7, 11) is 0. The van der Waals surface area contributed by atoms with E-state index >= 15 is 0 Å². The predicted molar refractivity (Wildman–Crippen MR) is 85.3 cm³/mol. The highest BCUT2D eigenvalue weighted by atomic mass is 32.2. The van der Waals surface area contributed by atoms with Gasteiger partial charge in [-0.2, -0.15) is 13.2 Å². The van der Waals surface area contributed by atoms with Crippen molar-refractivity contribution in [3.63, 3.8) is 0 Å². The van der Waals surface area contributed by atoms with Crippen LogP contribution in [0.25, 0.3) is 0 Å². The summed E-state index contributed by atoms with van der Waals surface area (Å²) in [5.74, 6) is 0. The van der Waals surface area contributed by atoms with Gasteiger partial charge in [0.2, 0.25) is 0 Å². The van der Waals surface area contributed by atoms with Crippen molar-refractivity contribution in [2.75, 3.05) is 26.2 Å². The molecule has 1 aromatic rings. The van der Waals surface area contributed by atoms with E-state index in [4.69, 9.17) is 0 Å². The van der Waals surface area contributed by atoms with Crippen LogP contribution in [0.5, 0.6) is 0 Å². The number of rotatable bonds is 3. The molecule has 0 unspecified atom stereocenters. The first-order valence-corrected chi connectivity index (χ1v) is 8.29. The molecule has 0 aliphatic carbocycles. The van der Waals surface area contributed by atoms with Crippen molar-refractivity contribution in [1.82, 2.24) is 10.2 Å². The highest BCUT2D eigenvalue weighted by Crippen LogP contribution is 2.44. The second kappa shape index (κ2) is 6.81. The molecule has 22 heavy (non-hydrogen) atoms. The number of alkyl halides is 3. The third kappa shape index (κ3) is 4.64. The minimum Gasteiger partial charge on any atom is -0.314 e. The molecule has 1 aliphatic rings. The molecule has 1 aliphatic heterocycles. The molecule has 0 radical (unpaired) electrons. The van der Waals surface area contributed by atoms with E-state index in [0.29, 0.717) is 31.7 Å². The van der Waals surface area contributed by atoms with Gasteiger partial charge in [0, 0.05) is 35.8 Å². The molecule has 1 heterocycles. The number of nitrogens with zero attached hydrogens (tertiary/aromatic N) is 1. The molecule has 2 nitrogen and oxygen atoms in total. The first-order chi connectivity index (χ1) is 10.2. The van der Waals surface area contributed by atoms with Gasteiger partial charge in [-0.3, -0.25) is 4.90 Å². The number of benzene rings is 1. The number of hydrogen-bond donors (Lipinski definition) is 1. The Kier molecular flexibility index (Phi) is 5.45. The summed E-state index contributed by atoms with van der Waals surface area (Å²) >= 11 is 1.49. The number of nitrogens with one attached hydrogen (secondary N) is 1. The van der Waals surface area contributed by atoms with Crippen LogP contribution in [0.1, 0.15) is 32.4 Å². The van der Waals surface area contributed by atoms with E-state index < -0.39 is 12.2 Å². The molecule has 1 saturated heterocycles. The van der Waals surface area contributed by atoms with Crippen molar-refractivity contribution >= 4 is 11.8 Å². The molecule has 1 atom stereocenters. The van der Waals surface area contributed by atoms with Crippen LogP contribution in [0.3, 0.4) is 0 Å².